The van der Waals surface area contributed by atoms with E-state index in [2.05, 4.69) is 10.3 Å². The average molecular weight is 503 g/mol. The van der Waals surface area contributed by atoms with Crippen molar-refractivity contribution in [3.8, 4) is 22.8 Å². The molecule has 2 atom stereocenters. The smallest absolute Gasteiger partial charge is 0.269 e. The van der Waals surface area contributed by atoms with Crippen LogP contribution in [0.1, 0.15) is 23.5 Å². The first-order valence-electron chi connectivity index (χ1n) is 11.1. The van der Waals surface area contributed by atoms with Gasteiger partial charge in [-0.25, -0.2) is 0 Å². The van der Waals surface area contributed by atoms with Gasteiger partial charge in [0.2, 0.25) is 0 Å². The summed E-state index contributed by atoms with van der Waals surface area (Å²) in [6, 6.07) is 20.5. The van der Waals surface area contributed by atoms with Crippen LogP contribution in [0.25, 0.3) is 11.3 Å². The zero-order chi connectivity index (χ0) is 25.2. The summed E-state index contributed by atoms with van der Waals surface area (Å²) in [5, 5.41) is 14.9. The first-order chi connectivity index (χ1) is 17.5. The third-order valence-electron chi connectivity index (χ3n) is 6.03. The molecule has 3 heterocycles. The van der Waals surface area contributed by atoms with Crippen LogP contribution in [0.4, 0.5) is 11.4 Å². The highest BCUT2D eigenvalue weighted by Crippen LogP contribution is 2.46. The van der Waals surface area contributed by atoms with Crippen LogP contribution in [0.5, 0.6) is 11.5 Å². The highest BCUT2D eigenvalue weighted by atomic mass is 32.1. The molecule has 1 aliphatic rings. The highest BCUT2D eigenvalue weighted by molar-refractivity contribution is 7.80. The number of non-ortho nitro benzene ring substituents is 1. The summed E-state index contributed by atoms with van der Waals surface area (Å²) in [7, 11) is 3.19. The number of ether oxygens (including phenoxy) is 2. The quantitative estimate of drug-likeness (QED) is 0.201. The number of thiocarbonyl (C=S) groups is 1. The maximum atomic E-state index is 11.0. The molecule has 2 aromatic carbocycles. The van der Waals surface area contributed by atoms with Gasteiger partial charge in [-0.15, -0.1) is 0 Å². The second kappa shape index (κ2) is 9.67. The normalized spacial score (nSPS) is 17.1. The molecule has 0 unspecified atom stereocenters. The number of rotatable bonds is 7. The van der Waals surface area contributed by atoms with Crippen molar-refractivity contribution in [2.24, 2.45) is 0 Å². The van der Waals surface area contributed by atoms with Crippen LogP contribution < -0.4 is 19.7 Å². The number of benzene rings is 2. The van der Waals surface area contributed by atoms with Crippen molar-refractivity contribution in [2.45, 2.75) is 12.1 Å². The van der Waals surface area contributed by atoms with Gasteiger partial charge in [-0.2, -0.15) is 0 Å². The Balaban J connectivity index is 1.59. The van der Waals surface area contributed by atoms with E-state index in [4.69, 9.17) is 26.1 Å². The summed E-state index contributed by atoms with van der Waals surface area (Å²) in [4.78, 5) is 17.1. The van der Waals surface area contributed by atoms with Crippen molar-refractivity contribution in [1.82, 2.24) is 10.3 Å². The molecule has 1 aliphatic heterocycles. The van der Waals surface area contributed by atoms with Crippen molar-refractivity contribution >= 4 is 28.7 Å². The molecule has 182 valence electrons. The topological polar surface area (TPSA) is 103 Å². The van der Waals surface area contributed by atoms with E-state index in [1.165, 1.54) is 12.1 Å². The van der Waals surface area contributed by atoms with Gasteiger partial charge in [0.25, 0.3) is 5.69 Å². The number of nitro benzene ring substituents is 1. The summed E-state index contributed by atoms with van der Waals surface area (Å²) in [6.45, 7) is 0. The van der Waals surface area contributed by atoms with Gasteiger partial charge in [0, 0.05) is 30.0 Å². The molecule has 1 saturated heterocycles. The predicted molar refractivity (Wildman–Crippen MR) is 138 cm³/mol. The van der Waals surface area contributed by atoms with Gasteiger partial charge >= 0.3 is 0 Å². The molecule has 4 aromatic rings. The standard InChI is InChI=1S/C26H22N4O5S/c1-33-18-10-11-20(23(15-18)34-2)29-25(24(28-26(29)36)19-5-3-4-14-27-19)22-13-12-21(35-22)16-6-8-17(9-7-16)30(31)32/h3-15,24-25H,1-2H3,(H,28,36)/t24-,25+/m1/s1. The lowest BCUT2D eigenvalue weighted by molar-refractivity contribution is -0.384. The summed E-state index contributed by atoms with van der Waals surface area (Å²) in [5.74, 6) is 2.47. The number of anilines is 1. The third-order valence-corrected chi connectivity index (χ3v) is 6.34. The Labute approximate surface area is 212 Å². The molecule has 0 saturated carbocycles. The SMILES string of the molecule is COc1ccc(N2C(=S)N[C@H](c3ccccn3)[C@@H]2c2ccc(-c3ccc([N+](=O)[O-])cc3)o2)c(OC)c1. The van der Waals surface area contributed by atoms with E-state index in [1.54, 1.807) is 38.6 Å². The van der Waals surface area contributed by atoms with Gasteiger partial charge in [0.05, 0.1) is 36.6 Å². The maximum Gasteiger partial charge on any atom is 0.269 e. The lowest BCUT2D eigenvalue weighted by Crippen LogP contribution is -2.29. The van der Waals surface area contributed by atoms with Crippen molar-refractivity contribution in [2.75, 3.05) is 19.1 Å². The molecule has 0 bridgehead atoms. The number of nitrogens with one attached hydrogen (secondary N) is 1. The Morgan fingerprint density at radius 3 is 2.53 bits per heavy atom. The first kappa shape index (κ1) is 23.3. The van der Waals surface area contributed by atoms with Gasteiger partial charge in [-0.05, 0) is 60.7 Å². The van der Waals surface area contributed by atoms with Crippen LogP contribution in [-0.4, -0.2) is 29.2 Å². The number of pyridine rings is 1. The third kappa shape index (κ3) is 4.22. The second-order valence-corrected chi connectivity index (χ2v) is 8.43. The molecule has 0 radical (unpaired) electrons. The van der Waals surface area contributed by atoms with Crippen molar-refractivity contribution < 1.29 is 18.8 Å². The van der Waals surface area contributed by atoms with Gasteiger partial charge in [0.15, 0.2) is 5.11 Å². The Kier molecular flexibility index (Phi) is 6.26. The summed E-state index contributed by atoms with van der Waals surface area (Å²) in [6.07, 6.45) is 1.73. The van der Waals surface area contributed by atoms with Crippen LogP contribution in [0.2, 0.25) is 0 Å². The average Bonchev–Trinajstić information content (AvgIpc) is 3.53. The van der Waals surface area contributed by atoms with Crippen LogP contribution in [0.3, 0.4) is 0 Å². The summed E-state index contributed by atoms with van der Waals surface area (Å²) in [5.41, 5.74) is 2.29. The fraction of sp³-hybridized carbons (Fsp3) is 0.154. The Bertz CT molecular complexity index is 1410. The van der Waals surface area contributed by atoms with E-state index in [0.717, 1.165) is 16.9 Å². The Morgan fingerprint density at radius 1 is 1.06 bits per heavy atom. The first-order valence-corrected chi connectivity index (χ1v) is 11.5. The molecule has 1 fully saturated rings. The fourth-order valence-electron chi connectivity index (χ4n) is 4.30. The fourth-order valence-corrected chi connectivity index (χ4v) is 4.64. The number of furan rings is 1. The van der Waals surface area contributed by atoms with Gasteiger partial charge in [-0.1, -0.05) is 6.07 Å². The molecule has 2 aromatic heterocycles. The van der Waals surface area contributed by atoms with Crippen LogP contribution in [-0.2, 0) is 0 Å². The van der Waals surface area contributed by atoms with Gasteiger partial charge in [-0.3, -0.25) is 15.1 Å². The minimum atomic E-state index is -0.430. The molecule has 1 N–H and O–H groups in total. The van der Waals surface area contributed by atoms with Crippen LogP contribution in [0.15, 0.2) is 83.4 Å². The molecule has 0 amide bonds. The highest BCUT2D eigenvalue weighted by Gasteiger charge is 2.43. The zero-order valence-corrected chi connectivity index (χ0v) is 20.3. The lowest BCUT2D eigenvalue weighted by Gasteiger charge is -2.27. The molecule has 9 nitrogen and oxygen atoms in total. The van der Waals surface area contributed by atoms with Gasteiger partial charge in [0.1, 0.15) is 29.1 Å². The minimum Gasteiger partial charge on any atom is -0.497 e. The van der Waals surface area contributed by atoms with Crippen LogP contribution in [0, 0.1) is 10.1 Å². The van der Waals surface area contributed by atoms with E-state index in [1.807, 2.05) is 47.4 Å². The van der Waals surface area contributed by atoms with Crippen LogP contribution >= 0.6 is 12.2 Å². The molecular formula is C26H22N4O5S. The number of aromatic nitrogens is 1. The van der Waals surface area contributed by atoms with Gasteiger partial charge < -0.3 is 24.1 Å². The molecule has 36 heavy (non-hydrogen) atoms. The Morgan fingerprint density at radius 2 is 1.86 bits per heavy atom. The van der Waals surface area contributed by atoms with Crippen molar-refractivity contribution in [3.05, 3.63) is 101 Å². The van der Waals surface area contributed by atoms with E-state index in [0.29, 0.717) is 28.1 Å². The lowest BCUT2D eigenvalue weighted by atomic mass is 10.0. The van der Waals surface area contributed by atoms with E-state index in [9.17, 15) is 10.1 Å². The Hall–Kier alpha value is -4.44. The van der Waals surface area contributed by atoms with E-state index < -0.39 is 4.92 Å². The second-order valence-electron chi connectivity index (χ2n) is 8.04. The number of hydrogen-bond donors (Lipinski definition) is 1. The molecular weight excluding hydrogens is 480 g/mol. The molecule has 0 aliphatic carbocycles. The van der Waals surface area contributed by atoms with E-state index in [-0.39, 0.29) is 17.8 Å². The van der Waals surface area contributed by atoms with E-state index >= 15 is 0 Å². The summed E-state index contributed by atoms with van der Waals surface area (Å²) >= 11 is 5.78. The number of hydrogen-bond acceptors (Lipinski definition) is 7. The predicted octanol–water partition coefficient (Wildman–Crippen LogP) is 5.44. The number of nitrogens with zero attached hydrogens (tertiary/aromatic N) is 3. The zero-order valence-electron chi connectivity index (χ0n) is 19.5. The van der Waals surface area contributed by atoms with Crippen molar-refractivity contribution in [3.63, 3.8) is 0 Å². The van der Waals surface area contributed by atoms with Crippen molar-refractivity contribution in [1.29, 1.82) is 0 Å². The maximum absolute atomic E-state index is 11.0. The molecule has 10 heteroatoms. The molecule has 5 rings (SSSR count). The monoisotopic (exact) mass is 502 g/mol. The number of methoxy groups -OCH3 is 2. The summed E-state index contributed by atoms with van der Waals surface area (Å²) < 4.78 is 17.3. The largest absolute Gasteiger partial charge is 0.497 e. The number of nitro groups is 1. The molecule has 0 spiro atoms. The minimum absolute atomic E-state index is 0.0175.